The van der Waals surface area contributed by atoms with Gasteiger partial charge in [0.25, 0.3) is 5.91 Å². The SMILES string of the molecule is NC(=O)c1c(NC(=O)/C=C/c2ccc(-c3ccccc3)o2)sc2c1CCCCC2. The van der Waals surface area contributed by atoms with Crippen molar-refractivity contribution in [1.82, 2.24) is 0 Å². The number of anilines is 1. The summed E-state index contributed by atoms with van der Waals surface area (Å²) in [7, 11) is 0. The first-order valence-corrected chi connectivity index (χ1v) is 10.5. The van der Waals surface area contributed by atoms with Crippen LogP contribution < -0.4 is 11.1 Å². The molecule has 0 saturated carbocycles. The van der Waals surface area contributed by atoms with Crippen LogP contribution in [0.3, 0.4) is 0 Å². The van der Waals surface area contributed by atoms with Crippen LogP contribution >= 0.6 is 11.3 Å². The number of fused-ring (bicyclic) bond motifs is 1. The molecule has 6 heteroatoms. The number of rotatable bonds is 5. The average molecular weight is 407 g/mol. The van der Waals surface area contributed by atoms with Gasteiger partial charge in [-0.15, -0.1) is 11.3 Å². The van der Waals surface area contributed by atoms with E-state index in [2.05, 4.69) is 5.32 Å². The summed E-state index contributed by atoms with van der Waals surface area (Å²) >= 11 is 1.46. The number of amides is 2. The van der Waals surface area contributed by atoms with Crippen molar-refractivity contribution in [3.8, 4) is 11.3 Å². The third-order valence-electron chi connectivity index (χ3n) is 4.99. The molecule has 4 rings (SSSR count). The largest absolute Gasteiger partial charge is 0.457 e. The van der Waals surface area contributed by atoms with Gasteiger partial charge < -0.3 is 15.5 Å². The normalized spacial score (nSPS) is 13.8. The Morgan fingerprint density at radius 2 is 1.83 bits per heavy atom. The first kappa shape index (κ1) is 19.2. The molecule has 3 N–H and O–H groups in total. The lowest BCUT2D eigenvalue weighted by molar-refractivity contribution is -0.111. The second-order valence-electron chi connectivity index (χ2n) is 7.02. The summed E-state index contributed by atoms with van der Waals surface area (Å²) in [4.78, 5) is 25.6. The van der Waals surface area contributed by atoms with Gasteiger partial charge in [-0.3, -0.25) is 9.59 Å². The lowest BCUT2D eigenvalue weighted by Crippen LogP contribution is -2.16. The summed E-state index contributed by atoms with van der Waals surface area (Å²) in [6, 6.07) is 13.4. The molecule has 0 atom stereocenters. The van der Waals surface area contributed by atoms with Crippen molar-refractivity contribution < 1.29 is 14.0 Å². The molecule has 2 aromatic heterocycles. The van der Waals surface area contributed by atoms with E-state index in [0.29, 0.717) is 16.3 Å². The van der Waals surface area contributed by atoms with Crippen molar-refractivity contribution in [3.05, 3.63) is 70.3 Å². The number of carbonyl (C=O) groups is 2. The molecule has 1 aromatic carbocycles. The number of hydrogen-bond acceptors (Lipinski definition) is 4. The molecule has 1 aliphatic rings. The van der Waals surface area contributed by atoms with Crippen LogP contribution in [0.1, 0.15) is 45.8 Å². The molecule has 0 fully saturated rings. The van der Waals surface area contributed by atoms with Crippen molar-refractivity contribution in [2.24, 2.45) is 5.73 Å². The quantitative estimate of drug-likeness (QED) is 0.460. The Morgan fingerprint density at radius 1 is 1.03 bits per heavy atom. The van der Waals surface area contributed by atoms with Crippen LogP contribution in [0.2, 0.25) is 0 Å². The highest BCUT2D eigenvalue weighted by Crippen LogP contribution is 2.37. The molecule has 148 valence electrons. The van der Waals surface area contributed by atoms with Crippen molar-refractivity contribution in [2.45, 2.75) is 32.1 Å². The number of furan rings is 1. The Morgan fingerprint density at radius 3 is 2.62 bits per heavy atom. The summed E-state index contributed by atoms with van der Waals surface area (Å²) < 4.78 is 5.77. The van der Waals surface area contributed by atoms with Crippen LogP contribution in [0.5, 0.6) is 0 Å². The topological polar surface area (TPSA) is 85.3 Å². The molecular formula is C23H22N2O3S. The van der Waals surface area contributed by atoms with Crippen molar-refractivity contribution >= 4 is 34.2 Å². The van der Waals surface area contributed by atoms with E-state index in [4.69, 9.17) is 10.2 Å². The highest BCUT2D eigenvalue weighted by Gasteiger charge is 2.23. The standard InChI is InChI=1S/C23H22N2O3S/c24-22(27)21-17-9-5-2-6-10-19(17)29-23(21)25-20(26)14-12-16-11-13-18(28-16)15-7-3-1-4-8-15/h1,3-4,7-8,11-14H,2,5-6,9-10H2,(H2,24,27)(H,25,26)/b14-12+. The van der Waals surface area contributed by atoms with Crippen LogP contribution in [-0.4, -0.2) is 11.8 Å². The summed E-state index contributed by atoms with van der Waals surface area (Å²) in [5.41, 5.74) is 8.07. The first-order valence-electron chi connectivity index (χ1n) is 9.70. The van der Waals surface area contributed by atoms with Crippen LogP contribution in [0.4, 0.5) is 5.00 Å². The number of nitrogens with one attached hydrogen (secondary N) is 1. The van der Waals surface area contributed by atoms with Crippen LogP contribution in [0.25, 0.3) is 17.4 Å². The number of thiophene rings is 1. The molecular weight excluding hydrogens is 384 g/mol. The average Bonchev–Trinajstić information content (AvgIpc) is 3.25. The molecule has 2 amide bonds. The maximum Gasteiger partial charge on any atom is 0.251 e. The monoisotopic (exact) mass is 406 g/mol. The maximum absolute atomic E-state index is 12.4. The van der Waals surface area contributed by atoms with E-state index in [-0.39, 0.29) is 5.91 Å². The number of primary amides is 1. The zero-order valence-electron chi connectivity index (χ0n) is 15.9. The third-order valence-corrected chi connectivity index (χ3v) is 6.20. The molecule has 0 unspecified atom stereocenters. The van der Waals surface area contributed by atoms with Gasteiger partial charge in [0.2, 0.25) is 5.91 Å². The van der Waals surface area contributed by atoms with Crippen LogP contribution in [0, 0.1) is 0 Å². The minimum atomic E-state index is -0.484. The molecule has 29 heavy (non-hydrogen) atoms. The van der Waals surface area contributed by atoms with Gasteiger partial charge >= 0.3 is 0 Å². The molecule has 3 aromatic rings. The Labute approximate surface area is 173 Å². The Balaban J connectivity index is 1.49. The predicted octanol–water partition coefficient (Wildman–Crippen LogP) is 5.03. The zero-order valence-corrected chi connectivity index (χ0v) is 16.8. The summed E-state index contributed by atoms with van der Waals surface area (Å²) in [6.07, 6.45) is 8.08. The molecule has 0 spiro atoms. The van der Waals surface area contributed by atoms with E-state index < -0.39 is 5.91 Å². The van der Waals surface area contributed by atoms with Gasteiger partial charge in [-0.2, -0.15) is 0 Å². The van der Waals surface area contributed by atoms with Gasteiger partial charge in [-0.05, 0) is 49.5 Å². The Bertz CT molecular complexity index is 1060. The summed E-state index contributed by atoms with van der Waals surface area (Å²) in [5, 5.41) is 3.37. The van der Waals surface area contributed by atoms with Crippen molar-refractivity contribution in [1.29, 1.82) is 0 Å². The van der Waals surface area contributed by atoms with Gasteiger partial charge in [0, 0.05) is 16.5 Å². The van der Waals surface area contributed by atoms with Crippen molar-refractivity contribution in [2.75, 3.05) is 5.32 Å². The molecule has 5 nitrogen and oxygen atoms in total. The van der Waals surface area contributed by atoms with E-state index in [1.54, 1.807) is 6.08 Å². The molecule has 0 bridgehead atoms. The van der Waals surface area contributed by atoms with E-state index >= 15 is 0 Å². The Kier molecular flexibility index (Phi) is 5.62. The molecule has 0 radical (unpaired) electrons. The van der Waals surface area contributed by atoms with Gasteiger partial charge in [0.15, 0.2) is 0 Å². The first-order chi connectivity index (χ1) is 14.1. The smallest absolute Gasteiger partial charge is 0.251 e. The fraction of sp³-hybridized carbons (Fsp3) is 0.217. The summed E-state index contributed by atoms with van der Waals surface area (Å²) in [5.74, 6) is 0.517. The highest BCUT2D eigenvalue weighted by molar-refractivity contribution is 7.17. The van der Waals surface area contributed by atoms with E-state index in [1.807, 2.05) is 42.5 Å². The third kappa shape index (κ3) is 4.32. The number of benzene rings is 1. The maximum atomic E-state index is 12.4. The Hall–Kier alpha value is -3.12. The molecule has 0 aliphatic heterocycles. The van der Waals surface area contributed by atoms with E-state index in [0.717, 1.165) is 53.9 Å². The van der Waals surface area contributed by atoms with Gasteiger partial charge in [-0.1, -0.05) is 36.8 Å². The lowest BCUT2D eigenvalue weighted by atomic mass is 10.1. The number of carbonyl (C=O) groups excluding carboxylic acids is 2. The number of hydrogen-bond donors (Lipinski definition) is 2. The molecule has 0 saturated heterocycles. The van der Waals surface area contributed by atoms with Crippen molar-refractivity contribution in [3.63, 3.8) is 0 Å². The zero-order chi connectivity index (χ0) is 20.2. The van der Waals surface area contributed by atoms with Gasteiger partial charge in [0.05, 0.1) is 5.56 Å². The van der Waals surface area contributed by atoms with Gasteiger partial charge in [0.1, 0.15) is 16.5 Å². The summed E-state index contributed by atoms with van der Waals surface area (Å²) in [6.45, 7) is 0. The van der Waals surface area contributed by atoms with Crippen LogP contribution in [0.15, 0.2) is 53.0 Å². The number of nitrogens with two attached hydrogens (primary N) is 1. The van der Waals surface area contributed by atoms with E-state index in [1.165, 1.54) is 17.4 Å². The second kappa shape index (κ2) is 8.49. The second-order valence-corrected chi connectivity index (χ2v) is 8.13. The predicted molar refractivity (Wildman–Crippen MR) is 116 cm³/mol. The number of aryl methyl sites for hydroxylation is 1. The van der Waals surface area contributed by atoms with E-state index in [9.17, 15) is 9.59 Å². The minimum Gasteiger partial charge on any atom is -0.457 e. The molecule has 1 aliphatic carbocycles. The fourth-order valence-corrected chi connectivity index (χ4v) is 4.90. The highest BCUT2D eigenvalue weighted by atomic mass is 32.1. The van der Waals surface area contributed by atoms with Gasteiger partial charge in [-0.25, -0.2) is 0 Å². The van der Waals surface area contributed by atoms with Crippen LogP contribution in [-0.2, 0) is 17.6 Å². The lowest BCUT2D eigenvalue weighted by Gasteiger charge is -2.04. The fourth-order valence-electron chi connectivity index (χ4n) is 3.60. The molecule has 2 heterocycles. The minimum absolute atomic E-state index is 0.318.